The first kappa shape index (κ1) is 18.7. The minimum absolute atomic E-state index is 0.0291. The van der Waals surface area contributed by atoms with E-state index in [0.29, 0.717) is 36.1 Å². The zero-order valence-corrected chi connectivity index (χ0v) is 16.7. The molecule has 3 aliphatic heterocycles. The lowest BCUT2D eigenvalue weighted by Crippen LogP contribution is -2.54. The van der Waals surface area contributed by atoms with Gasteiger partial charge in [0.25, 0.3) is 0 Å². The number of piperidine rings is 1. The standard InChI is InChI=1S/C20H37N5O/c1-13-5-4-6-14-9-17(23-19(13)14)20(26)22-15-7-8-18-21-16(10-24(2)3)12-25(18)11-15/h13-19,21,23H,4-12H2,1-3H3,(H,22,26). The van der Waals surface area contributed by atoms with E-state index in [4.69, 9.17) is 0 Å². The predicted molar refractivity (Wildman–Crippen MR) is 104 cm³/mol. The van der Waals surface area contributed by atoms with Crippen molar-refractivity contribution in [1.29, 1.82) is 0 Å². The average Bonchev–Trinajstić information content (AvgIpc) is 3.18. The molecule has 7 unspecified atom stereocenters. The third-order valence-electron chi connectivity index (χ3n) is 7.10. The molecule has 1 aliphatic carbocycles. The van der Waals surface area contributed by atoms with E-state index in [1.807, 2.05) is 0 Å². The molecule has 0 aromatic carbocycles. The van der Waals surface area contributed by atoms with Gasteiger partial charge in [0.2, 0.25) is 5.91 Å². The number of likely N-dealkylation sites (N-methyl/N-ethyl adjacent to an activating group) is 1. The molecule has 3 N–H and O–H groups in total. The van der Waals surface area contributed by atoms with Crippen LogP contribution in [0.25, 0.3) is 0 Å². The summed E-state index contributed by atoms with van der Waals surface area (Å²) in [6.07, 6.45) is 7.69. The Hall–Kier alpha value is -0.690. The molecule has 0 aromatic heterocycles. The molecular formula is C20H37N5O. The second-order valence-electron chi connectivity index (χ2n) is 9.53. The lowest BCUT2D eigenvalue weighted by atomic mass is 9.78. The molecule has 3 heterocycles. The SMILES string of the molecule is CC1CCCC2CC(C(=O)NC3CCC4NC(CN(C)C)CN4C3)NC12. The molecular weight excluding hydrogens is 326 g/mol. The second kappa shape index (κ2) is 7.74. The minimum atomic E-state index is 0.0291. The van der Waals surface area contributed by atoms with Crippen molar-refractivity contribution in [2.75, 3.05) is 33.7 Å². The van der Waals surface area contributed by atoms with Crippen LogP contribution in [0.15, 0.2) is 0 Å². The van der Waals surface area contributed by atoms with Crippen LogP contribution in [-0.2, 0) is 4.79 Å². The number of nitrogens with zero attached hydrogens (tertiary/aromatic N) is 2. The van der Waals surface area contributed by atoms with E-state index in [9.17, 15) is 4.79 Å². The lowest BCUT2D eigenvalue weighted by molar-refractivity contribution is -0.124. The highest BCUT2D eigenvalue weighted by molar-refractivity contribution is 5.82. The Morgan fingerprint density at radius 1 is 1.15 bits per heavy atom. The van der Waals surface area contributed by atoms with Crippen LogP contribution in [0.4, 0.5) is 0 Å². The molecule has 1 amide bonds. The molecule has 148 valence electrons. The molecule has 0 radical (unpaired) electrons. The molecule has 7 atom stereocenters. The maximum atomic E-state index is 12.9. The summed E-state index contributed by atoms with van der Waals surface area (Å²) in [6, 6.07) is 1.44. The molecule has 0 bridgehead atoms. The molecule has 26 heavy (non-hydrogen) atoms. The van der Waals surface area contributed by atoms with Crippen molar-refractivity contribution < 1.29 is 4.79 Å². The first-order valence-corrected chi connectivity index (χ1v) is 10.7. The number of hydrogen-bond acceptors (Lipinski definition) is 5. The van der Waals surface area contributed by atoms with Crippen molar-refractivity contribution >= 4 is 5.91 Å². The van der Waals surface area contributed by atoms with E-state index in [2.05, 4.69) is 46.8 Å². The third kappa shape index (κ3) is 3.93. The van der Waals surface area contributed by atoms with Gasteiger partial charge in [0.1, 0.15) is 0 Å². The van der Waals surface area contributed by atoms with Crippen molar-refractivity contribution in [3.05, 3.63) is 0 Å². The summed E-state index contributed by atoms with van der Waals surface area (Å²) in [5.74, 6) is 1.66. The monoisotopic (exact) mass is 363 g/mol. The zero-order chi connectivity index (χ0) is 18.3. The smallest absolute Gasteiger partial charge is 0.237 e. The molecule has 0 aromatic rings. The van der Waals surface area contributed by atoms with Gasteiger partial charge in [-0.05, 0) is 58.0 Å². The number of carbonyl (C=O) groups is 1. The van der Waals surface area contributed by atoms with E-state index in [1.54, 1.807) is 0 Å². The predicted octanol–water partition coefficient (Wildman–Crippen LogP) is 0.593. The fourth-order valence-corrected chi connectivity index (χ4v) is 5.89. The van der Waals surface area contributed by atoms with E-state index >= 15 is 0 Å². The molecule has 0 spiro atoms. The summed E-state index contributed by atoms with van der Waals surface area (Å²) in [5.41, 5.74) is 0. The van der Waals surface area contributed by atoms with Gasteiger partial charge in [-0.25, -0.2) is 0 Å². The van der Waals surface area contributed by atoms with Crippen molar-refractivity contribution in [2.24, 2.45) is 11.8 Å². The zero-order valence-electron chi connectivity index (χ0n) is 16.7. The van der Waals surface area contributed by atoms with E-state index in [-0.39, 0.29) is 11.9 Å². The molecule has 4 rings (SSSR count). The molecule has 1 saturated carbocycles. The van der Waals surface area contributed by atoms with Crippen LogP contribution in [0.5, 0.6) is 0 Å². The Labute approximate surface area is 158 Å². The van der Waals surface area contributed by atoms with Crippen molar-refractivity contribution in [2.45, 2.75) is 75.8 Å². The van der Waals surface area contributed by atoms with Gasteiger partial charge in [0.05, 0.1) is 12.2 Å². The van der Waals surface area contributed by atoms with Gasteiger partial charge in [0, 0.05) is 37.8 Å². The van der Waals surface area contributed by atoms with E-state index in [0.717, 1.165) is 38.9 Å². The fraction of sp³-hybridized carbons (Fsp3) is 0.950. The van der Waals surface area contributed by atoms with Crippen LogP contribution in [0, 0.1) is 11.8 Å². The molecule has 6 nitrogen and oxygen atoms in total. The van der Waals surface area contributed by atoms with Gasteiger partial charge in [-0.1, -0.05) is 13.3 Å². The quantitative estimate of drug-likeness (QED) is 0.683. The normalized spacial score (nSPS) is 43.3. The topological polar surface area (TPSA) is 59.6 Å². The van der Waals surface area contributed by atoms with Gasteiger partial charge in [-0.15, -0.1) is 0 Å². The van der Waals surface area contributed by atoms with Crippen LogP contribution in [0.3, 0.4) is 0 Å². The number of hydrogen-bond donors (Lipinski definition) is 3. The number of nitrogens with one attached hydrogen (secondary N) is 3. The second-order valence-corrected chi connectivity index (χ2v) is 9.53. The van der Waals surface area contributed by atoms with Crippen molar-refractivity contribution in [3.63, 3.8) is 0 Å². The average molecular weight is 364 g/mol. The van der Waals surface area contributed by atoms with Gasteiger partial charge >= 0.3 is 0 Å². The van der Waals surface area contributed by atoms with Crippen LogP contribution in [-0.4, -0.2) is 79.8 Å². The Morgan fingerprint density at radius 2 is 2.00 bits per heavy atom. The summed E-state index contributed by atoms with van der Waals surface area (Å²) < 4.78 is 0. The van der Waals surface area contributed by atoms with Gasteiger partial charge in [-0.2, -0.15) is 0 Å². The van der Waals surface area contributed by atoms with Crippen molar-refractivity contribution in [3.8, 4) is 0 Å². The molecule has 6 heteroatoms. The van der Waals surface area contributed by atoms with Gasteiger partial charge in [-0.3, -0.25) is 15.0 Å². The van der Waals surface area contributed by atoms with Crippen LogP contribution >= 0.6 is 0 Å². The largest absolute Gasteiger partial charge is 0.351 e. The number of rotatable bonds is 4. The third-order valence-corrected chi connectivity index (χ3v) is 7.10. The Bertz CT molecular complexity index is 512. The Balaban J connectivity index is 1.27. The first-order valence-electron chi connectivity index (χ1n) is 10.7. The maximum absolute atomic E-state index is 12.9. The van der Waals surface area contributed by atoms with Crippen LogP contribution in [0.1, 0.15) is 45.4 Å². The summed E-state index contributed by atoms with van der Waals surface area (Å²) in [7, 11) is 4.27. The Morgan fingerprint density at radius 3 is 2.77 bits per heavy atom. The highest BCUT2D eigenvalue weighted by Gasteiger charge is 2.42. The summed E-state index contributed by atoms with van der Waals surface area (Å²) in [4.78, 5) is 17.6. The highest BCUT2D eigenvalue weighted by atomic mass is 16.2. The first-order chi connectivity index (χ1) is 12.5. The highest BCUT2D eigenvalue weighted by Crippen LogP contribution is 2.36. The lowest BCUT2D eigenvalue weighted by Gasteiger charge is -2.35. The molecule has 4 fully saturated rings. The maximum Gasteiger partial charge on any atom is 0.237 e. The number of fused-ring (bicyclic) bond motifs is 2. The molecule has 4 aliphatic rings. The van der Waals surface area contributed by atoms with Crippen LogP contribution in [0.2, 0.25) is 0 Å². The van der Waals surface area contributed by atoms with E-state index in [1.165, 1.54) is 19.3 Å². The summed E-state index contributed by atoms with van der Waals surface area (Å²) in [5, 5.41) is 10.8. The van der Waals surface area contributed by atoms with Crippen molar-refractivity contribution in [1.82, 2.24) is 25.8 Å². The van der Waals surface area contributed by atoms with E-state index < -0.39 is 0 Å². The van der Waals surface area contributed by atoms with Crippen LogP contribution < -0.4 is 16.0 Å². The fourth-order valence-electron chi connectivity index (χ4n) is 5.89. The summed E-state index contributed by atoms with van der Waals surface area (Å²) in [6.45, 7) is 5.51. The summed E-state index contributed by atoms with van der Waals surface area (Å²) >= 11 is 0. The number of amides is 1. The Kier molecular flexibility index (Phi) is 5.56. The minimum Gasteiger partial charge on any atom is -0.351 e. The molecule has 3 saturated heterocycles. The number of carbonyl (C=O) groups excluding carboxylic acids is 1. The van der Waals surface area contributed by atoms with Gasteiger partial charge < -0.3 is 15.5 Å². The van der Waals surface area contributed by atoms with Gasteiger partial charge in [0.15, 0.2) is 0 Å².